The summed E-state index contributed by atoms with van der Waals surface area (Å²) < 4.78 is 2.07. The van der Waals surface area contributed by atoms with E-state index >= 15 is 0 Å². The van der Waals surface area contributed by atoms with E-state index < -0.39 is 0 Å². The van der Waals surface area contributed by atoms with Crippen LogP contribution in [0.4, 0.5) is 4.79 Å². The molecule has 0 aliphatic carbocycles. The van der Waals surface area contributed by atoms with Crippen LogP contribution in [-0.2, 0) is 4.79 Å². The van der Waals surface area contributed by atoms with Crippen LogP contribution in [0.3, 0.4) is 0 Å². The van der Waals surface area contributed by atoms with Crippen molar-refractivity contribution < 1.29 is 9.59 Å². The molecule has 0 bridgehead atoms. The van der Waals surface area contributed by atoms with Gasteiger partial charge in [0.2, 0.25) is 0 Å². The Kier molecular flexibility index (Phi) is 8.40. The first kappa shape index (κ1) is 21.2. The molecule has 1 fully saturated rings. The molecule has 2 amide bonds. The van der Waals surface area contributed by atoms with Gasteiger partial charge in [-0.2, -0.15) is 0 Å². The molecule has 0 atom stereocenters. The minimum atomic E-state index is -0.149. The molecule has 140 valence electrons. The highest BCUT2D eigenvalue weighted by molar-refractivity contribution is 8.19. The van der Waals surface area contributed by atoms with Crippen molar-refractivity contribution in [3.05, 3.63) is 40.9 Å². The molecule has 5 nitrogen and oxygen atoms in total. The predicted molar refractivity (Wildman–Crippen MR) is 113 cm³/mol. The van der Waals surface area contributed by atoms with Crippen molar-refractivity contribution in [1.29, 1.82) is 0 Å². The van der Waals surface area contributed by atoms with Gasteiger partial charge in [0.25, 0.3) is 11.1 Å². The van der Waals surface area contributed by atoms with E-state index in [0.29, 0.717) is 11.4 Å². The largest absolute Gasteiger partial charge is 0.294 e. The normalized spacial score (nSPS) is 15.9. The Morgan fingerprint density at radius 1 is 1.27 bits per heavy atom. The fourth-order valence-electron chi connectivity index (χ4n) is 2.42. The van der Waals surface area contributed by atoms with Crippen molar-refractivity contribution in [2.45, 2.75) is 24.8 Å². The van der Waals surface area contributed by atoms with E-state index in [1.807, 2.05) is 25.3 Å². The molecule has 0 N–H and O–H groups in total. The van der Waals surface area contributed by atoms with Gasteiger partial charge in [-0.3, -0.25) is 18.9 Å². The molecule has 0 radical (unpaired) electrons. The second-order valence-electron chi connectivity index (χ2n) is 5.34. The molecule has 2 aromatic heterocycles. The first-order chi connectivity index (χ1) is 12.2. The van der Waals surface area contributed by atoms with Crippen LogP contribution < -0.4 is 0 Å². The van der Waals surface area contributed by atoms with Crippen LogP contribution in [0.2, 0.25) is 0 Å². The Labute approximate surface area is 171 Å². The molecule has 0 spiro atoms. The zero-order chi connectivity index (χ0) is 17.6. The van der Waals surface area contributed by atoms with E-state index in [1.54, 1.807) is 35.1 Å². The summed E-state index contributed by atoms with van der Waals surface area (Å²) in [5, 5.41) is 2.80. The fourth-order valence-corrected chi connectivity index (χ4v) is 4.93. The average Bonchev–Trinajstić information content (AvgIpc) is 3.19. The predicted octanol–water partition coefficient (Wildman–Crippen LogP) is 4.92. The molecule has 0 unspecified atom stereocenters. The van der Waals surface area contributed by atoms with E-state index in [2.05, 4.69) is 15.5 Å². The van der Waals surface area contributed by atoms with Crippen LogP contribution in [0, 0.1) is 0 Å². The highest BCUT2D eigenvalue weighted by Crippen LogP contribution is 2.32. The van der Waals surface area contributed by atoms with E-state index in [0.717, 1.165) is 46.8 Å². The van der Waals surface area contributed by atoms with Gasteiger partial charge in [0.05, 0.1) is 9.93 Å². The summed E-state index contributed by atoms with van der Waals surface area (Å²) >= 11 is 4.36. The van der Waals surface area contributed by atoms with Crippen molar-refractivity contribution in [2.24, 2.45) is 0 Å². The topological polar surface area (TPSA) is 54.7 Å². The lowest BCUT2D eigenvalue weighted by molar-refractivity contribution is -0.122. The van der Waals surface area contributed by atoms with Crippen molar-refractivity contribution in [3.63, 3.8) is 0 Å². The van der Waals surface area contributed by atoms with Gasteiger partial charge in [-0.25, -0.2) is 4.98 Å². The van der Waals surface area contributed by atoms with Gasteiger partial charge in [0.1, 0.15) is 5.65 Å². The number of hydrogen-bond acceptors (Lipinski definition) is 6. The average molecular weight is 430 g/mol. The van der Waals surface area contributed by atoms with Gasteiger partial charge >= 0.3 is 0 Å². The summed E-state index contributed by atoms with van der Waals surface area (Å²) in [5.74, 6) is 1.69. The maximum Gasteiger partial charge on any atom is 0.293 e. The number of rotatable bonds is 8. The Bertz CT molecular complexity index is 809. The standard InChI is InChI=1S/C17H19N3O2S3.ClH/c1-2-23-12-13-16(21)20(17(22)25-13)9-3-4-11-24-15-7-5-6-14-18-8-10-19(14)15;/h5-8,10,12H,2-4,9,11H2,1H3;1H/b13-12+;. The van der Waals surface area contributed by atoms with Crippen LogP contribution in [-0.4, -0.2) is 43.5 Å². The number of amides is 2. The Balaban J connectivity index is 0.00000243. The lowest BCUT2D eigenvalue weighted by Gasteiger charge is -2.12. The molecule has 0 aromatic carbocycles. The number of carbonyl (C=O) groups is 2. The second-order valence-corrected chi connectivity index (χ2v) is 8.59. The number of imide groups is 1. The van der Waals surface area contributed by atoms with Gasteiger partial charge < -0.3 is 0 Å². The van der Waals surface area contributed by atoms with Crippen molar-refractivity contribution in [1.82, 2.24) is 14.3 Å². The number of thioether (sulfide) groups is 3. The number of imidazole rings is 1. The molecule has 3 rings (SSSR count). The monoisotopic (exact) mass is 429 g/mol. The van der Waals surface area contributed by atoms with Crippen LogP contribution in [0.1, 0.15) is 19.8 Å². The fraction of sp³-hybridized carbons (Fsp3) is 0.353. The molecule has 3 heterocycles. The summed E-state index contributed by atoms with van der Waals surface area (Å²) in [6.45, 7) is 2.52. The minimum Gasteiger partial charge on any atom is -0.294 e. The SMILES string of the molecule is CCS/C=C1/SC(=O)N(CCCCSc2cccc3nccn23)C1=O.Cl. The van der Waals surface area contributed by atoms with Crippen LogP contribution >= 0.6 is 47.7 Å². The third kappa shape index (κ3) is 5.00. The number of fused-ring (bicyclic) bond motifs is 1. The number of hydrogen-bond donors (Lipinski definition) is 0. The molecule has 2 aromatic rings. The minimum absolute atomic E-state index is 0. The zero-order valence-electron chi connectivity index (χ0n) is 14.3. The van der Waals surface area contributed by atoms with Crippen molar-refractivity contribution in [3.8, 4) is 0 Å². The van der Waals surface area contributed by atoms with E-state index in [9.17, 15) is 9.59 Å². The number of halogens is 1. The summed E-state index contributed by atoms with van der Waals surface area (Å²) in [4.78, 5) is 30.4. The first-order valence-electron chi connectivity index (χ1n) is 8.11. The zero-order valence-corrected chi connectivity index (χ0v) is 17.6. The first-order valence-corrected chi connectivity index (χ1v) is 11.0. The number of aromatic nitrogens is 2. The maximum absolute atomic E-state index is 12.2. The third-order valence-electron chi connectivity index (χ3n) is 3.65. The molecule has 1 saturated heterocycles. The molecule has 0 saturated carbocycles. The van der Waals surface area contributed by atoms with E-state index in [1.165, 1.54) is 4.90 Å². The highest BCUT2D eigenvalue weighted by Gasteiger charge is 2.34. The van der Waals surface area contributed by atoms with E-state index in [4.69, 9.17) is 0 Å². The second kappa shape index (κ2) is 10.3. The Morgan fingerprint density at radius 3 is 2.92 bits per heavy atom. The summed E-state index contributed by atoms with van der Waals surface area (Å²) in [6, 6.07) is 6.06. The quantitative estimate of drug-likeness (QED) is 0.337. The van der Waals surface area contributed by atoms with E-state index in [-0.39, 0.29) is 23.6 Å². The number of nitrogens with zero attached hydrogens (tertiary/aromatic N) is 3. The summed E-state index contributed by atoms with van der Waals surface area (Å²) in [6.07, 6.45) is 5.52. The van der Waals surface area contributed by atoms with Crippen molar-refractivity contribution >= 4 is 64.5 Å². The molecular weight excluding hydrogens is 410 g/mol. The van der Waals surface area contributed by atoms with Gasteiger partial charge in [0, 0.05) is 18.9 Å². The third-order valence-corrected chi connectivity index (χ3v) is 6.56. The number of carbonyl (C=O) groups excluding carboxylic acids is 2. The van der Waals surface area contributed by atoms with Crippen molar-refractivity contribution in [2.75, 3.05) is 18.1 Å². The van der Waals surface area contributed by atoms with Gasteiger partial charge in [-0.15, -0.1) is 35.9 Å². The van der Waals surface area contributed by atoms with Crippen LogP contribution in [0.25, 0.3) is 5.65 Å². The molecule has 1 aliphatic rings. The lowest BCUT2D eigenvalue weighted by atomic mass is 10.3. The number of pyridine rings is 1. The molecule has 1 aliphatic heterocycles. The smallest absolute Gasteiger partial charge is 0.293 e. The number of unbranched alkanes of at least 4 members (excludes halogenated alkanes) is 1. The Morgan fingerprint density at radius 2 is 2.12 bits per heavy atom. The molecule has 9 heteroatoms. The molecular formula is C17H20ClN3O2S3. The highest BCUT2D eigenvalue weighted by atomic mass is 35.5. The van der Waals surface area contributed by atoms with Gasteiger partial charge in [-0.1, -0.05) is 13.0 Å². The van der Waals surface area contributed by atoms with Crippen LogP contribution in [0.15, 0.2) is 45.9 Å². The molecule has 26 heavy (non-hydrogen) atoms. The van der Waals surface area contributed by atoms with Crippen LogP contribution in [0.5, 0.6) is 0 Å². The summed E-state index contributed by atoms with van der Waals surface area (Å²) in [7, 11) is 0. The van der Waals surface area contributed by atoms with Gasteiger partial charge in [0.15, 0.2) is 0 Å². The maximum atomic E-state index is 12.2. The van der Waals surface area contributed by atoms with Gasteiger partial charge in [-0.05, 0) is 53.7 Å². The lowest BCUT2D eigenvalue weighted by Crippen LogP contribution is -2.29. The summed E-state index contributed by atoms with van der Waals surface area (Å²) in [5.41, 5.74) is 0.944. The Hall–Kier alpha value is -1.09.